The Morgan fingerprint density at radius 3 is 3.00 bits per heavy atom. The minimum Gasteiger partial charge on any atom is -0.258 e. The molecule has 0 amide bonds. The van der Waals surface area contributed by atoms with Crippen LogP contribution in [0.2, 0.25) is 0 Å². The molecule has 2 aromatic rings. The number of hydrogen-bond donors (Lipinski definition) is 0. The summed E-state index contributed by atoms with van der Waals surface area (Å²) in [6.07, 6.45) is 0. The van der Waals surface area contributed by atoms with Crippen LogP contribution in [0.1, 0.15) is 0 Å². The molecule has 0 aliphatic rings. The fraction of sp³-hybridized carbons (Fsp3) is 0. The number of fused-ring (bicyclic) bond motifs is 1. The van der Waals surface area contributed by atoms with Crippen molar-refractivity contribution in [3.63, 3.8) is 0 Å². The highest BCUT2D eigenvalue weighted by molar-refractivity contribution is 7.39. The van der Waals surface area contributed by atoms with Gasteiger partial charge in [0, 0.05) is 11.5 Å². The molecule has 0 spiro atoms. The Morgan fingerprint density at radius 2 is 2.36 bits per heavy atom. The van der Waals surface area contributed by atoms with Gasteiger partial charge < -0.3 is 0 Å². The second-order valence-electron chi connectivity index (χ2n) is 2.01. The van der Waals surface area contributed by atoms with Gasteiger partial charge in [0.1, 0.15) is 0 Å². The molecule has 3 nitrogen and oxygen atoms in total. The molecule has 0 saturated heterocycles. The average Bonchev–Trinajstić information content (AvgIpc) is 2.40. The summed E-state index contributed by atoms with van der Waals surface area (Å²) in [5.74, 6) is 0. The highest BCUT2D eigenvalue weighted by atomic mass is 32.2. The zero-order valence-corrected chi connectivity index (χ0v) is 6.95. The second-order valence-corrected chi connectivity index (χ2v) is 4.21. The van der Waals surface area contributed by atoms with Crippen LogP contribution in [0.5, 0.6) is 0 Å². The van der Waals surface area contributed by atoms with E-state index in [1.165, 1.54) is 22.7 Å². The number of nitro groups is 1. The molecular weight excluding hydrogens is 182 g/mol. The van der Waals surface area contributed by atoms with Gasteiger partial charge in [0.25, 0.3) is 0 Å². The van der Waals surface area contributed by atoms with Crippen LogP contribution in [0.15, 0.2) is 17.5 Å². The molecule has 0 radical (unpaired) electrons. The largest absolute Gasteiger partial charge is 0.326 e. The second kappa shape index (κ2) is 2.28. The molecule has 2 rings (SSSR count). The number of hydrogen-bond acceptors (Lipinski definition) is 4. The third kappa shape index (κ3) is 1.02. The van der Waals surface area contributed by atoms with Crippen molar-refractivity contribution in [2.24, 2.45) is 0 Å². The van der Waals surface area contributed by atoms with E-state index < -0.39 is 0 Å². The lowest BCUT2D eigenvalue weighted by molar-refractivity contribution is -0.380. The van der Waals surface area contributed by atoms with Crippen LogP contribution >= 0.6 is 22.7 Å². The van der Waals surface area contributed by atoms with E-state index in [-0.39, 0.29) is 9.92 Å². The summed E-state index contributed by atoms with van der Waals surface area (Å²) in [4.78, 5) is 9.94. The number of nitrogens with zero attached hydrogens (tertiary/aromatic N) is 1. The molecule has 0 atom stereocenters. The summed E-state index contributed by atoms with van der Waals surface area (Å²) in [5, 5.41) is 13.4. The highest BCUT2D eigenvalue weighted by Crippen LogP contribution is 2.34. The van der Waals surface area contributed by atoms with Gasteiger partial charge in [0.2, 0.25) is 0 Å². The fourth-order valence-corrected chi connectivity index (χ4v) is 2.75. The predicted octanol–water partition coefficient (Wildman–Crippen LogP) is 2.87. The maximum absolute atomic E-state index is 10.3. The van der Waals surface area contributed by atoms with E-state index in [1.54, 1.807) is 6.07 Å². The van der Waals surface area contributed by atoms with E-state index in [0.29, 0.717) is 0 Å². The summed E-state index contributed by atoms with van der Waals surface area (Å²) in [6.45, 7) is 0. The molecule has 5 heteroatoms. The molecule has 0 bridgehead atoms. The summed E-state index contributed by atoms with van der Waals surface area (Å²) in [7, 11) is 0. The molecule has 0 saturated carbocycles. The van der Waals surface area contributed by atoms with Gasteiger partial charge in [0.05, 0.1) is 8.94 Å². The maximum atomic E-state index is 10.3. The Labute approximate surface area is 70.0 Å². The van der Waals surface area contributed by atoms with Gasteiger partial charge in [-0.2, -0.15) is 0 Å². The minimum absolute atomic E-state index is 0.229. The summed E-state index contributed by atoms with van der Waals surface area (Å²) in [5.41, 5.74) is 0. The molecule has 0 aliphatic carbocycles. The standard InChI is InChI=1S/C6H3NO2S2/c8-7(9)5-3-4-1-2-10-6(4)11-5/h1-3H. The Morgan fingerprint density at radius 1 is 1.55 bits per heavy atom. The Bertz CT molecular complexity index is 375. The van der Waals surface area contributed by atoms with Crippen molar-refractivity contribution >= 4 is 37.1 Å². The molecule has 0 aromatic carbocycles. The first-order chi connectivity index (χ1) is 5.27. The molecule has 0 unspecified atom stereocenters. The Kier molecular flexibility index (Phi) is 1.40. The van der Waals surface area contributed by atoms with Gasteiger partial charge in [-0.1, -0.05) is 11.3 Å². The Balaban J connectivity index is 2.67. The molecule has 2 aromatic heterocycles. The van der Waals surface area contributed by atoms with Gasteiger partial charge in [0.15, 0.2) is 0 Å². The lowest BCUT2D eigenvalue weighted by Gasteiger charge is -1.77. The third-order valence-electron chi connectivity index (χ3n) is 1.31. The van der Waals surface area contributed by atoms with E-state index in [2.05, 4.69) is 0 Å². The monoisotopic (exact) mass is 185 g/mol. The number of thiophene rings is 2. The van der Waals surface area contributed by atoms with E-state index in [9.17, 15) is 10.1 Å². The predicted molar refractivity (Wildman–Crippen MR) is 46.4 cm³/mol. The molecule has 0 fully saturated rings. The van der Waals surface area contributed by atoms with Gasteiger partial charge in [-0.15, -0.1) is 11.3 Å². The van der Waals surface area contributed by atoms with Crippen molar-refractivity contribution in [3.8, 4) is 0 Å². The van der Waals surface area contributed by atoms with Crippen molar-refractivity contribution in [1.29, 1.82) is 0 Å². The van der Waals surface area contributed by atoms with Crippen LogP contribution in [0.25, 0.3) is 9.40 Å². The van der Waals surface area contributed by atoms with Crippen LogP contribution in [0.4, 0.5) is 5.00 Å². The van der Waals surface area contributed by atoms with Crippen LogP contribution in [0, 0.1) is 10.1 Å². The SMILES string of the molecule is O=[N+]([O-])c1cc2ccsc2s1. The average molecular weight is 185 g/mol. The lowest BCUT2D eigenvalue weighted by Crippen LogP contribution is -1.80. The molecule has 11 heavy (non-hydrogen) atoms. The highest BCUT2D eigenvalue weighted by Gasteiger charge is 2.10. The molecule has 0 N–H and O–H groups in total. The maximum Gasteiger partial charge on any atom is 0.326 e. The normalized spacial score (nSPS) is 10.5. The van der Waals surface area contributed by atoms with Crippen LogP contribution < -0.4 is 0 Å². The zero-order chi connectivity index (χ0) is 7.84. The van der Waals surface area contributed by atoms with Gasteiger partial charge in [-0.3, -0.25) is 10.1 Å². The van der Waals surface area contributed by atoms with Gasteiger partial charge in [-0.05, 0) is 11.4 Å². The lowest BCUT2D eigenvalue weighted by atomic mass is 10.4. The van der Waals surface area contributed by atoms with Gasteiger partial charge in [-0.25, -0.2) is 0 Å². The van der Waals surface area contributed by atoms with E-state index in [1.807, 2.05) is 11.4 Å². The third-order valence-corrected chi connectivity index (χ3v) is 3.47. The van der Waals surface area contributed by atoms with Crippen molar-refractivity contribution in [2.45, 2.75) is 0 Å². The molecule has 56 valence electrons. The quantitative estimate of drug-likeness (QED) is 0.506. The van der Waals surface area contributed by atoms with Crippen molar-refractivity contribution in [1.82, 2.24) is 0 Å². The fourth-order valence-electron chi connectivity index (χ4n) is 0.843. The van der Waals surface area contributed by atoms with E-state index in [0.717, 1.165) is 9.40 Å². The smallest absolute Gasteiger partial charge is 0.258 e. The summed E-state index contributed by atoms with van der Waals surface area (Å²) < 4.78 is 1.02. The minimum atomic E-state index is -0.350. The topological polar surface area (TPSA) is 43.1 Å². The van der Waals surface area contributed by atoms with Crippen LogP contribution in [0.3, 0.4) is 0 Å². The van der Waals surface area contributed by atoms with E-state index in [4.69, 9.17) is 0 Å². The first kappa shape index (κ1) is 6.75. The van der Waals surface area contributed by atoms with Crippen molar-refractivity contribution < 1.29 is 4.92 Å². The zero-order valence-electron chi connectivity index (χ0n) is 5.31. The van der Waals surface area contributed by atoms with E-state index >= 15 is 0 Å². The summed E-state index contributed by atoms with van der Waals surface area (Å²) in [6, 6.07) is 3.50. The Hall–Kier alpha value is -0.940. The number of rotatable bonds is 1. The van der Waals surface area contributed by atoms with Crippen molar-refractivity contribution in [3.05, 3.63) is 27.6 Å². The molecule has 2 heterocycles. The van der Waals surface area contributed by atoms with Gasteiger partial charge >= 0.3 is 5.00 Å². The molecule has 0 aliphatic heterocycles. The first-order valence-electron chi connectivity index (χ1n) is 2.89. The summed E-state index contributed by atoms with van der Waals surface area (Å²) >= 11 is 2.77. The first-order valence-corrected chi connectivity index (χ1v) is 4.58. The van der Waals surface area contributed by atoms with Crippen LogP contribution in [-0.2, 0) is 0 Å². The van der Waals surface area contributed by atoms with Crippen LogP contribution in [-0.4, -0.2) is 4.92 Å². The molecular formula is C6H3NO2S2. The van der Waals surface area contributed by atoms with Crippen molar-refractivity contribution in [2.75, 3.05) is 0 Å².